The molecule has 0 amide bonds. The van der Waals surface area contributed by atoms with Gasteiger partial charge in [-0.05, 0) is 30.5 Å². The van der Waals surface area contributed by atoms with Gasteiger partial charge in [0.25, 0.3) is 0 Å². The Labute approximate surface area is 119 Å². The average molecular weight is 266 g/mol. The monoisotopic (exact) mass is 266 g/mol. The van der Waals surface area contributed by atoms with Gasteiger partial charge in [0.15, 0.2) is 0 Å². The summed E-state index contributed by atoms with van der Waals surface area (Å²) in [5.41, 5.74) is 3.35. The number of fused-ring (bicyclic) bond motifs is 1. The maximum absolute atomic E-state index is 12.6. The lowest BCUT2D eigenvalue weighted by Crippen LogP contribution is -2.22. The van der Waals surface area contributed by atoms with Crippen LogP contribution < -0.4 is 4.74 Å². The summed E-state index contributed by atoms with van der Waals surface area (Å²) in [7, 11) is 0. The minimum atomic E-state index is -0.0282. The van der Waals surface area contributed by atoms with Crippen molar-refractivity contribution in [2.45, 2.75) is 25.7 Å². The molecule has 0 bridgehead atoms. The van der Waals surface area contributed by atoms with Gasteiger partial charge in [-0.15, -0.1) is 0 Å². The number of carbonyl (C=O) groups excluding carboxylic acids is 1. The molecule has 0 radical (unpaired) electrons. The highest BCUT2D eigenvalue weighted by Gasteiger charge is 2.27. The van der Waals surface area contributed by atoms with Gasteiger partial charge in [0.05, 0.1) is 6.61 Å². The molecule has 20 heavy (non-hydrogen) atoms. The minimum Gasteiger partial charge on any atom is -0.493 e. The molecule has 1 heterocycles. The van der Waals surface area contributed by atoms with E-state index in [1.54, 1.807) is 0 Å². The molecule has 3 rings (SSSR count). The molecule has 102 valence electrons. The fraction of sp³-hybridized carbons (Fsp3) is 0.278. The van der Waals surface area contributed by atoms with Crippen LogP contribution >= 0.6 is 0 Å². The molecule has 2 aromatic rings. The normalized spacial score (nSPS) is 17.1. The number of Topliss-reactive ketones (excluding diaryl/α,β-unsaturated/α-hetero) is 1. The lowest BCUT2D eigenvalue weighted by atomic mass is 9.86. The van der Waals surface area contributed by atoms with Crippen molar-refractivity contribution >= 4 is 5.78 Å². The van der Waals surface area contributed by atoms with Crippen molar-refractivity contribution in [2.24, 2.45) is 0 Å². The zero-order valence-electron chi connectivity index (χ0n) is 11.6. The summed E-state index contributed by atoms with van der Waals surface area (Å²) < 4.78 is 5.63. The SMILES string of the molecule is Cc1ccccc1CC(=O)C1CCOc2ccccc21. The summed E-state index contributed by atoms with van der Waals surface area (Å²) in [4.78, 5) is 12.6. The smallest absolute Gasteiger partial charge is 0.144 e. The molecular weight excluding hydrogens is 248 g/mol. The van der Waals surface area contributed by atoms with E-state index in [4.69, 9.17) is 4.74 Å². The summed E-state index contributed by atoms with van der Waals surface area (Å²) in [6.45, 7) is 2.68. The molecule has 1 unspecified atom stereocenters. The van der Waals surface area contributed by atoms with Crippen LogP contribution in [-0.4, -0.2) is 12.4 Å². The van der Waals surface area contributed by atoms with Gasteiger partial charge < -0.3 is 4.74 Å². The molecule has 0 N–H and O–H groups in total. The Hall–Kier alpha value is -2.09. The third-order valence-corrected chi connectivity index (χ3v) is 3.97. The van der Waals surface area contributed by atoms with Crippen LogP contribution in [0.5, 0.6) is 5.75 Å². The standard InChI is InChI=1S/C18H18O2/c1-13-6-2-3-7-14(13)12-17(19)15-10-11-20-18-9-5-4-8-16(15)18/h2-9,15H,10-12H2,1H3. The molecule has 0 spiro atoms. The van der Waals surface area contributed by atoms with Crippen molar-refractivity contribution in [3.05, 3.63) is 65.2 Å². The lowest BCUT2D eigenvalue weighted by Gasteiger charge is -2.25. The van der Waals surface area contributed by atoms with E-state index in [-0.39, 0.29) is 11.7 Å². The van der Waals surface area contributed by atoms with Crippen LogP contribution in [0.25, 0.3) is 0 Å². The van der Waals surface area contributed by atoms with Gasteiger partial charge in [-0.1, -0.05) is 42.5 Å². The summed E-state index contributed by atoms with van der Waals surface area (Å²) in [5.74, 6) is 1.12. The van der Waals surface area contributed by atoms with Crippen LogP contribution in [0.4, 0.5) is 0 Å². The third-order valence-electron chi connectivity index (χ3n) is 3.97. The molecule has 0 saturated carbocycles. The van der Waals surface area contributed by atoms with E-state index in [0.717, 1.165) is 23.3 Å². The number of carbonyl (C=O) groups is 1. The summed E-state index contributed by atoms with van der Waals surface area (Å²) in [6, 6.07) is 16.0. The van der Waals surface area contributed by atoms with Crippen LogP contribution in [0.2, 0.25) is 0 Å². The first kappa shape index (κ1) is 12.9. The van der Waals surface area contributed by atoms with E-state index in [9.17, 15) is 4.79 Å². The fourth-order valence-electron chi connectivity index (χ4n) is 2.80. The molecule has 1 aliphatic rings. The van der Waals surface area contributed by atoms with E-state index < -0.39 is 0 Å². The number of hydrogen-bond acceptors (Lipinski definition) is 2. The van der Waals surface area contributed by atoms with Gasteiger partial charge in [0, 0.05) is 17.9 Å². The fourth-order valence-corrected chi connectivity index (χ4v) is 2.80. The number of hydrogen-bond donors (Lipinski definition) is 0. The van der Waals surface area contributed by atoms with E-state index in [0.29, 0.717) is 13.0 Å². The quantitative estimate of drug-likeness (QED) is 0.847. The average Bonchev–Trinajstić information content (AvgIpc) is 2.49. The largest absolute Gasteiger partial charge is 0.493 e. The second-order valence-electron chi connectivity index (χ2n) is 5.30. The third kappa shape index (κ3) is 2.46. The van der Waals surface area contributed by atoms with Crippen molar-refractivity contribution in [1.29, 1.82) is 0 Å². The first-order valence-corrected chi connectivity index (χ1v) is 7.04. The summed E-state index contributed by atoms with van der Waals surface area (Å²) in [5, 5.41) is 0. The number of para-hydroxylation sites is 1. The van der Waals surface area contributed by atoms with Crippen LogP contribution in [0.3, 0.4) is 0 Å². The van der Waals surface area contributed by atoms with Gasteiger partial charge in [0.2, 0.25) is 0 Å². The van der Waals surface area contributed by atoms with Crippen LogP contribution in [-0.2, 0) is 11.2 Å². The Morgan fingerprint density at radius 1 is 1.15 bits per heavy atom. The molecule has 2 heteroatoms. The van der Waals surface area contributed by atoms with Crippen molar-refractivity contribution in [3.63, 3.8) is 0 Å². The number of ketones is 1. The molecule has 2 nitrogen and oxygen atoms in total. The highest BCUT2D eigenvalue weighted by Crippen LogP contribution is 2.34. The molecule has 0 fully saturated rings. The van der Waals surface area contributed by atoms with Crippen molar-refractivity contribution in [1.82, 2.24) is 0 Å². The zero-order chi connectivity index (χ0) is 13.9. The van der Waals surface area contributed by atoms with Crippen LogP contribution in [0, 0.1) is 6.92 Å². The van der Waals surface area contributed by atoms with Crippen molar-refractivity contribution < 1.29 is 9.53 Å². The minimum absolute atomic E-state index is 0.0282. The first-order valence-electron chi connectivity index (χ1n) is 7.04. The number of rotatable bonds is 3. The summed E-state index contributed by atoms with van der Waals surface area (Å²) in [6.07, 6.45) is 1.29. The lowest BCUT2D eigenvalue weighted by molar-refractivity contribution is -0.120. The topological polar surface area (TPSA) is 26.3 Å². The van der Waals surface area contributed by atoms with Crippen molar-refractivity contribution in [3.8, 4) is 5.75 Å². The second-order valence-corrected chi connectivity index (χ2v) is 5.30. The maximum Gasteiger partial charge on any atom is 0.144 e. The van der Waals surface area contributed by atoms with E-state index in [1.807, 2.05) is 42.5 Å². The Kier molecular flexibility index (Phi) is 3.55. The molecular formula is C18H18O2. The predicted octanol–water partition coefficient (Wildman–Crippen LogP) is 3.67. The van der Waals surface area contributed by atoms with Gasteiger partial charge in [-0.2, -0.15) is 0 Å². The van der Waals surface area contributed by atoms with Crippen LogP contribution in [0.1, 0.15) is 29.0 Å². The van der Waals surface area contributed by atoms with Crippen LogP contribution in [0.15, 0.2) is 48.5 Å². The van der Waals surface area contributed by atoms with Crippen molar-refractivity contribution in [2.75, 3.05) is 6.61 Å². The van der Waals surface area contributed by atoms with Gasteiger partial charge in [-0.3, -0.25) is 4.79 Å². The second kappa shape index (κ2) is 5.49. The highest BCUT2D eigenvalue weighted by atomic mass is 16.5. The Morgan fingerprint density at radius 2 is 1.90 bits per heavy atom. The highest BCUT2D eigenvalue weighted by molar-refractivity contribution is 5.88. The first-order chi connectivity index (χ1) is 9.75. The van der Waals surface area contributed by atoms with E-state index in [2.05, 4.69) is 13.0 Å². The number of aryl methyl sites for hydroxylation is 1. The molecule has 1 atom stereocenters. The molecule has 1 aliphatic heterocycles. The predicted molar refractivity (Wildman–Crippen MR) is 79.2 cm³/mol. The number of benzene rings is 2. The van der Waals surface area contributed by atoms with Gasteiger partial charge >= 0.3 is 0 Å². The molecule has 0 aromatic heterocycles. The molecule has 2 aromatic carbocycles. The Balaban J connectivity index is 1.84. The maximum atomic E-state index is 12.6. The Morgan fingerprint density at radius 3 is 2.75 bits per heavy atom. The van der Waals surface area contributed by atoms with E-state index >= 15 is 0 Å². The summed E-state index contributed by atoms with van der Waals surface area (Å²) >= 11 is 0. The van der Waals surface area contributed by atoms with Gasteiger partial charge in [0.1, 0.15) is 11.5 Å². The van der Waals surface area contributed by atoms with Gasteiger partial charge in [-0.25, -0.2) is 0 Å². The Bertz CT molecular complexity index is 631. The van der Waals surface area contributed by atoms with E-state index in [1.165, 1.54) is 5.56 Å². The molecule has 0 saturated heterocycles. The number of ether oxygens (including phenoxy) is 1. The zero-order valence-corrected chi connectivity index (χ0v) is 11.6. The molecule has 0 aliphatic carbocycles.